The van der Waals surface area contributed by atoms with Gasteiger partial charge in [-0.05, 0) is 56.4 Å². The van der Waals surface area contributed by atoms with Crippen molar-refractivity contribution in [3.8, 4) is 0 Å². The average Bonchev–Trinajstić information content (AvgIpc) is 2.63. The molecule has 1 nitrogen and oxygen atoms in total. The molecule has 14 heavy (non-hydrogen) atoms. The van der Waals surface area contributed by atoms with Crippen LogP contribution in [0.25, 0.3) is 0 Å². The van der Waals surface area contributed by atoms with Gasteiger partial charge in [0.15, 0.2) is 0 Å². The highest BCUT2D eigenvalue weighted by Gasteiger charge is 2.15. The normalized spacial score (nSPS) is 16.4. The van der Waals surface area contributed by atoms with Gasteiger partial charge in [0.2, 0.25) is 0 Å². The lowest BCUT2D eigenvalue weighted by atomic mass is 10.0. The maximum atomic E-state index is 2.52. The van der Waals surface area contributed by atoms with Crippen molar-refractivity contribution in [3.63, 3.8) is 0 Å². The molecule has 0 spiro atoms. The van der Waals surface area contributed by atoms with E-state index in [0.29, 0.717) is 0 Å². The van der Waals surface area contributed by atoms with E-state index in [1.807, 2.05) is 0 Å². The monoisotopic (exact) mass is 189 g/mol. The molecule has 1 heterocycles. The third-order valence-corrected chi connectivity index (χ3v) is 3.23. The van der Waals surface area contributed by atoms with E-state index in [1.54, 1.807) is 0 Å². The number of hydrogen-bond acceptors (Lipinski definition) is 1. The summed E-state index contributed by atoms with van der Waals surface area (Å²) in [5, 5.41) is 0. The molecule has 76 valence electrons. The van der Waals surface area contributed by atoms with Gasteiger partial charge in [-0.25, -0.2) is 0 Å². The molecule has 0 atom stereocenters. The van der Waals surface area contributed by atoms with E-state index in [4.69, 9.17) is 0 Å². The largest absolute Gasteiger partial charge is 0.371 e. The summed E-state index contributed by atoms with van der Waals surface area (Å²) in [7, 11) is 0. The molecule has 1 aromatic carbocycles. The van der Waals surface area contributed by atoms with Crippen LogP contribution in [0.15, 0.2) is 12.1 Å². The van der Waals surface area contributed by atoms with E-state index in [-0.39, 0.29) is 0 Å². The van der Waals surface area contributed by atoms with Crippen molar-refractivity contribution in [2.24, 2.45) is 0 Å². The number of hydrogen-bond donors (Lipinski definition) is 0. The van der Waals surface area contributed by atoms with Crippen LogP contribution in [0, 0.1) is 20.8 Å². The van der Waals surface area contributed by atoms with Crippen LogP contribution in [-0.2, 0) is 0 Å². The van der Waals surface area contributed by atoms with E-state index in [1.165, 1.54) is 48.3 Å². The van der Waals surface area contributed by atoms with Crippen molar-refractivity contribution >= 4 is 5.69 Å². The Bertz CT molecular complexity index is 335. The summed E-state index contributed by atoms with van der Waals surface area (Å²) in [4.78, 5) is 2.52. The van der Waals surface area contributed by atoms with E-state index in [2.05, 4.69) is 37.8 Å². The molecule has 0 bridgehead atoms. The summed E-state index contributed by atoms with van der Waals surface area (Å²) in [6.07, 6.45) is 2.71. The molecule has 0 amide bonds. The number of benzene rings is 1. The maximum absolute atomic E-state index is 2.52. The van der Waals surface area contributed by atoms with Gasteiger partial charge in [-0.3, -0.25) is 0 Å². The Morgan fingerprint density at radius 2 is 1.64 bits per heavy atom. The van der Waals surface area contributed by atoms with Gasteiger partial charge >= 0.3 is 0 Å². The summed E-state index contributed by atoms with van der Waals surface area (Å²) in [5.41, 5.74) is 5.72. The Morgan fingerprint density at radius 1 is 1.00 bits per heavy atom. The minimum Gasteiger partial charge on any atom is -0.371 e. The average molecular weight is 189 g/mol. The van der Waals surface area contributed by atoms with Gasteiger partial charge in [0.05, 0.1) is 0 Å². The predicted molar refractivity (Wildman–Crippen MR) is 62.1 cm³/mol. The summed E-state index contributed by atoms with van der Waals surface area (Å²) < 4.78 is 0. The summed E-state index contributed by atoms with van der Waals surface area (Å²) in [6, 6.07) is 4.60. The number of aryl methyl sites for hydroxylation is 2. The Hall–Kier alpha value is -0.980. The molecule has 1 heteroatoms. The van der Waals surface area contributed by atoms with Crippen LogP contribution >= 0.6 is 0 Å². The fourth-order valence-electron chi connectivity index (χ4n) is 2.30. The minimum atomic E-state index is 1.24. The Labute approximate surface area is 86.7 Å². The topological polar surface area (TPSA) is 3.24 Å². The Kier molecular flexibility index (Phi) is 2.49. The van der Waals surface area contributed by atoms with Crippen LogP contribution < -0.4 is 4.90 Å². The lowest BCUT2D eigenvalue weighted by Crippen LogP contribution is -2.19. The van der Waals surface area contributed by atoms with Gasteiger partial charge < -0.3 is 4.90 Å². The molecule has 1 aromatic rings. The molecule has 1 aliphatic rings. The predicted octanol–water partition coefficient (Wildman–Crippen LogP) is 3.21. The molecular formula is C13H19N. The molecule has 0 unspecified atom stereocenters. The SMILES string of the molecule is Cc1cc(C)c(C)c(N2CCCC2)c1. The van der Waals surface area contributed by atoms with Gasteiger partial charge in [0.1, 0.15) is 0 Å². The lowest BCUT2D eigenvalue weighted by Gasteiger charge is -2.22. The highest BCUT2D eigenvalue weighted by molar-refractivity contribution is 5.58. The fourth-order valence-corrected chi connectivity index (χ4v) is 2.30. The van der Waals surface area contributed by atoms with Gasteiger partial charge in [-0.1, -0.05) is 6.07 Å². The van der Waals surface area contributed by atoms with Crippen molar-refractivity contribution in [1.82, 2.24) is 0 Å². The fraction of sp³-hybridized carbons (Fsp3) is 0.538. The molecule has 1 aliphatic heterocycles. The van der Waals surface area contributed by atoms with Crippen molar-refractivity contribution in [2.45, 2.75) is 33.6 Å². The first-order chi connectivity index (χ1) is 6.68. The second-order valence-electron chi connectivity index (χ2n) is 4.42. The molecule has 0 aromatic heterocycles. The van der Waals surface area contributed by atoms with Crippen LogP contribution in [0.1, 0.15) is 29.5 Å². The zero-order valence-corrected chi connectivity index (χ0v) is 9.43. The number of nitrogens with zero attached hydrogens (tertiary/aromatic N) is 1. The van der Waals surface area contributed by atoms with Crippen LogP contribution in [0.3, 0.4) is 0 Å². The minimum absolute atomic E-state index is 1.24. The Balaban J connectivity index is 2.40. The zero-order chi connectivity index (χ0) is 10.1. The lowest BCUT2D eigenvalue weighted by molar-refractivity contribution is 0.949. The van der Waals surface area contributed by atoms with Gasteiger partial charge in [-0.2, -0.15) is 0 Å². The van der Waals surface area contributed by atoms with Crippen molar-refractivity contribution in [1.29, 1.82) is 0 Å². The maximum Gasteiger partial charge on any atom is 0.0401 e. The second kappa shape index (κ2) is 3.64. The van der Waals surface area contributed by atoms with Gasteiger partial charge in [0.25, 0.3) is 0 Å². The highest BCUT2D eigenvalue weighted by Crippen LogP contribution is 2.27. The second-order valence-corrected chi connectivity index (χ2v) is 4.42. The van der Waals surface area contributed by atoms with Gasteiger partial charge in [0, 0.05) is 18.8 Å². The van der Waals surface area contributed by atoms with Crippen LogP contribution in [0.4, 0.5) is 5.69 Å². The molecule has 0 saturated carbocycles. The quantitative estimate of drug-likeness (QED) is 0.655. The number of anilines is 1. The molecule has 1 saturated heterocycles. The summed E-state index contributed by atoms with van der Waals surface area (Å²) in [5.74, 6) is 0. The van der Waals surface area contributed by atoms with E-state index >= 15 is 0 Å². The van der Waals surface area contributed by atoms with Crippen molar-refractivity contribution in [2.75, 3.05) is 18.0 Å². The molecule has 0 aliphatic carbocycles. The van der Waals surface area contributed by atoms with E-state index in [0.717, 1.165) is 0 Å². The first-order valence-corrected chi connectivity index (χ1v) is 5.51. The van der Waals surface area contributed by atoms with E-state index in [9.17, 15) is 0 Å². The zero-order valence-electron chi connectivity index (χ0n) is 9.43. The molecule has 1 fully saturated rings. The third-order valence-electron chi connectivity index (χ3n) is 3.23. The Morgan fingerprint density at radius 3 is 2.29 bits per heavy atom. The first kappa shape index (κ1) is 9.57. The smallest absolute Gasteiger partial charge is 0.0401 e. The van der Waals surface area contributed by atoms with Crippen LogP contribution in [0.2, 0.25) is 0 Å². The van der Waals surface area contributed by atoms with E-state index < -0.39 is 0 Å². The first-order valence-electron chi connectivity index (χ1n) is 5.51. The number of rotatable bonds is 1. The van der Waals surface area contributed by atoms with Crippen molar-refractivity contribution < 1.29 is 0 Å². The molecule has 0 radical (unpaired) electrons. The van der Waals surface area contributed by atoms with Crippen LogP contribution in [0.5, 0.6) is 0 Å². The van der Waals surface area contributed by atoms with Crippen molar-refractivity contribution in [3.05, 3.63) is 28.8 Å². The molecule has 0 N–H and O–H groups in total. The van der Waals surface area contributed by atoms with Gasteiger partial charge in [-0.15, -0.1) is 0 Å². The third kappa shape index (κ3) is 1.63. The highest BCUT2D eigenvalue weighted by atomic mass is 15.1. The molecule has 2 rings (SSSR count). The molecular weight excluding hydrogens is 170 g/mol. The standard InChI is InChI=1S/C13H19N/c1-10-8-11(2)12(3)13(9-10)14-6-4-5-7-14/h8-9H,4-7H2,1-3H3. The van der Waals surface area contributed by atoms with Crippen LogP contribution in [-0.4, -0.2) is 13.1 Å². The summed E-state index contributed by atoms with van der Waals surface area (Å²) in [6.45, 7) is 9.11. The summed E-state index contributed by atoms with van der Waals surface area (Å²) >= 11 is 0.